The minimum Gasteiger partial charge on any atom is -0.508 e. The maximum absolute atomic E-state index is 10.2. The van der Waals surface area contributed by atoms with Crippen molar-refractivity contribution in [3.63, 3.8) is 0 Å². The number of benzene rings is 2. The lowest BCUT2D eigenvalue weighted by molar-refractivity contribution is 0.466. The first-order valence-corrected chi connectivity index (χ1v) is 10.8. The van der Waals surface area contributed by atoms with E-state index in [4.69, 9.17) is 0 Å². The fourth-order valence-electron chi connectivity index (χ4n) is 3.00. The van der Waals surface area contributed by atoms with Gasteiger partial charge in [0, 0.05) is 5.57 Å². The maximum atomic E-state index is 10.2. The molecule has 0 aromatic heterocycles. The smallest absolute Gasteiger partial charge is 0.118 e. The van der Waals surface area contributed by atoms with Gasteiger partial charge in [-0.2, -0.15) is 0 Å². The molecule has 0 amide bonds. The number of phenols is 2. The Morgan fingerprint density at radius 2 is 1.19 bits per heavy atom. The van der Waals surface area contributed by atoms with Crippen LogP contribution >= 0.6 is 31.9 Å². The van der Waals surface area contributed by atoms with Crippen LogP contribution in [0.1, 0.15) is 61.8 Å². The predicted molar refractivity (Wildman–Crippen MR) is 117 cm³/mol. The number of rotatable bonds is 8. The summed E-state index contributed by atoms with van der Waals surface area (Å²) in [6.45, 7) is 4.30. The van der Waals surface area contributed by atoms with Gasteiger partial charge in [0.1, 0.15) is 11.5 Å². The van der Waals surface area contributed by atoms with Crippen LogP contribution in [-0.2, 0) is 12.8 Å². The minimum atomic E-state index is 0.349. The van der Waals surface area contributed by atoms with Crippen molar-refractivity contribution in [3.8, 4) is 11.5 Å². The Labute approximate surface area is 173 Å². The van der Waals surface area contributed by atoms with Crippen molar-refractivity contribution >= 4 is 37.4 Å². The fraction of sp³-hybridized carbons (Fsp3) is 0.364. The molecule has 0 saturated carbocycles. The molecule has 0 saturated heterocycles. The summed E-state index contributed by atoms with van der Waals surface area (Å²) in [4.78, 5) is 0. The Morgan fingerprint density at radius 1 is 0.769 bits per heavy atom. The second kappa shape index (κ2) is 10.2. The molecule has 2 rings (SSSR count). The summed E-state index contributed by atoms with van der Waals surface area (Å²) in [5, 5.41) is 20.3. The van der Waals surface area contributed by atoms with Crippen LogP contribution in [0.15, 0.2) is 39.8 Å². The van der Waals surface area contributed by atoms with Gasteiger partial charge in [0.25, 0.3) is 0 Å². The van der Waals surface area contributed by atoms with Crippen LogP contribution in [0.2, 0.25) is 0 Å². The summed E-state index contributed by atoms with van der Waals surface area (Å²) >= 11 is 7.15. The highest BCUT2D eigenvalue weighted by Crippen LogP contribution is 2.37. The van der Waals surface area contributed by atoms with Crippen LogP contribution in [0.25, 0.3) is 5.57 Å². The third-order valence-electron chi connectivity index (χ3n) is 4.52. The summed E-state index contributed by atoms with van der Waals surface area (Å²) in [6.07, 6.45) is 6.00. The average Bonchev–Trinajstić information content (AvgIpc) is 2.62. The fourth-order valence-corrected chi connectivity index (χ4v) is 3.92. The third kappa shape index (κ3) is 5.37. The molecule has 0 atom stereocenters. The van der Waals surface area contributed by atoms with Crippen molar-refractivity contribution in [2.75, 3.05) is 0 Å². The van der Waals surface area contributed by atoms with E-state index in [2.05, 4.69) is 57.8 Å². The lowest BCUT2D eigenvalue weighted by Crippen LogP contribution is -1.95. The Kier molecular flexibility index (Phi) is 8.23. The van der Waals surface area contributed by atoms with Gasteiger partial charge in [-0.05, 0) is 104 Å². The minimum absolute atomic E-state index is 0.349. The molecule has 0 fully saturated rings. The molecule has 4 heteroatoms. The van der Waals surface area contributed by atoms with Crippen LogP contribution in [0.5, 0.6) is 11.5 Å². The van der Waals surface area contributed by atoms with E-state index in [1.807, 2.05) is 12.1 Å². The van der Waals surface area contributed by atoms with E-state index in [-0.39, 0.29) is 0 Å². The molecule has 0 aliphatic carbocycles. The molecular formula is C22H26Br2O2. The van der Waals surface area contributed by atoms with Crippen LogP contribution in [0, 0.1) is 0 Å². The predicted octanol–water partition coefficient (Wildman–Crippen LogP) is 7.29. The van der Waals surface area contributed by atoms with Gasteiger partial charge in [-0.1, -0.05) is 38.8 Å². The monoisotopic (exact) mass is 480 g/mol. The average molecular weight is 482 g/mol. The molecule has 2 N–H and O–H groups in total. The van der Waals surface area contributed by atoms with Crippen LogP contribution in [0.4, 0.5) is 0 Å². The highest BCUT2D eigenvalue weighted by molar-refractivity contribution is 9.28. The largest absolute Gasteiger partial charge is 0.508 e. The lowest BCUT2D eigenvalue weighted by Gasteiger charge is -2.14. The van der Waals surface area contributed by atoms with Gasteiger partial charge in [-0.3, -0.25) is 0 Å². The van der Waals surface area contributed by atoms with E-state index in [1.165, 1.54) is 0 Å². The first kappa shape index (κ1) is 21.0. The van der Waals surface area contributed by atoms with E-state index in [1.54, 1.807) is 12.1 Å². The normalized spacial score (nSPS) is 10.8. The van der Waals surface area contributed by atoms with Gasteiger partial charge >= 0.3 is 0 Å². The van der Waals surface area contributed by atoms with Gasteiger partial charge in [-0.15, -0.1) is 0 Å². The summed E-state index contributed by atoms with van der Waals surface area (Å²) < 4.78 is 0.851. The summed E-state index contributed by atoms with van der Waals surface area (Å²) in [5.74, 6) is 0.697. The third-order valence-corrected chi connectivity index (χ3v) is 5.32. The summed E-state index contributed by atoms with van der Waals surface area (Å²) in [6, 6.07) is 11.5. The molecule has 2 aromatic rings. The number of hydrogen-bond donors (Lipinski definition) is 2. The van der Waals surface area contributed by atoms with Gasteiger partial charge < -0.3 is 10.2 Å². The van der Waals surface area contributed by atoms with Gasteiger partial charge in [-0.25, -0.2) is 0 Å². The second-order valence-corrected chi connectivity index (χ2v) is 9.18. The van der Waals surface area contributed by atoms with Crippen molar-refractivity contribution < 1.29 is 10.2 Å². The van der Waals surface area contributed by atoms with E-state index in [0.29, 0.717) is 11.5 Å². The van der Waals surface area contributed by atoms with Gasteiger partial charge in [0.2, 0.25) is 0 Å². The van der Waals surface area contributed by atoms with Crippen LogP contribution in [-0.4, -0.2) is 10.2 Å². The first-order chi connectivity index (χ1) is 12.5. The van der Waals surface area contributed by atoms with Crippen molar-refractivity contribution in [2.24, 2.45) is 0 Å². The Balaban J connectivity index is 2.46. The van der Waals surface area contributed by atoms with E-state index < -0.39 is 0 Å². The molecule has 0 aliphatic heterocycles. The van der Waals surface area contributed by atoms with Crippen molar-refractivity contribution in [3.05, 3.63) is 62.0 Å². The Hall–Kier alpha value is -1.26. The van der Waals surface area contributed by atoms with Crippen LogP contribution < -0.4 is 0 Å². The quantitative estimate of drug-likeness (QED) is 0.415. The summed E-state index contributed by atoms with van der Waals surface area (Å²) in [7, 11) is 0. The molecule has 0 spiro atoms. The molecule has 140 valence electrons. The highest BCUT2D eigenvalue weighted by Gasteiger charge is 2.14. The summed E-state index contributed by atoms with van der Waals surface area (Å²) in [5.41, 5.74) is 5.01. The van der Waals surface area contributed by atoms with E-state index >= 15 is 0 Å². The molecule has 0 heterocycles. The van der Waals surface area contributed by atoms with Crippen LogP contribution in [0.3, 0.4) is 0 Å². The molecular weight excluding hydrogens is 456 g/mol. The topological polar surface area (TPSA) is 40.5 Å². The second-order valence-electron chi connectivity index (χ2n) is 6.53. The standard InChI is InChI=1S/C22H26Br2O2/c1-3-5-7-15-13-17(9-11-19(15)25)21(22(23)24)18-10-12-20(26)16(14-18)8-6-4-2/h9-14,25-26H,3-8H2,1-2H3. The Morgan fingerprint density at radius 3 is 1.54 bits per heavy atom. The SMILES string of the molecule is CCCCc1cc(C(=C(Br)Br)c2ccc(O)c(CCCC)c2)ccc1O. The molecule has 26 heavy (non-hydrogen) atoms. The molecule has 0 unspecified atom stereocenters. The molecule has 0 aliphatic rings. The number of aryl methyl sites for hydroxylation is 2. The zero-order valence-corrected chi connectivity index (χ0v) is 18.5. The number of unbranched alkanes of at least 4 members (excludes halogenated alkanes) is 2. The number of phenolic OH excluding ortho intramolecular Hbond substituents is 2. The van der Waals surface area contributed by atoms with E-state index in [0.717, 1.165) is 69.7 Å². The zero-order chi connectivity index (χ0) is 19.1. The highest BCUT2D eigenvalue weighted by atomic mass is 79.9. The van der Waals surface area contributed by atoms with Gasteiger partial charge in [0.05, 0.1) is 3.39 Å². The zero-order valence-electron chi connectivity index (χ0n) is 15.4. The number of hydrogen-bond acceptors (Lipinski definition) is 2. The van der Waals surface area contributed by atoms with Crippen molar-refractivity contribution in [1.29, 1.82) is 0 Å². The Bertz CT molecular complexity index is 718. The first-order valence-electron chi connectivity index (χ1n) is 9.17. The molecule has 2 nitrogen and oxygen atoms in total. The van der Waals surface area contributed by atoms with Crippen molar-refractivity contribution in [2.45, 2.75) is 52.4 Å². The van der Waals surface area contributed by atoms with Crippen molar-refractivity contribution in [1.82, 2.24) is 0 Å². The molecule has 0 radical (unpaired) electrons. The lowest BCUT2D eigenvalue weighted by atomic mass is 9.94. The van der Waals surface area contributed by atoms with Gasteiger partial charge in [0.15, 0.2) is 0 Å². The number of halogens is 2. The van der Waals surface area contributed by atoms with E-state index in [9.17, 15) is 10.2 Å². The molecule has 0 bridgehead atoms. The maximum Gasteiger partial charge on any atom is 0.118 e. The number of aromatic hydroxyl groups is 2. The molecule has 2 aromatic carbocycles.